The quantitative estimate of drug-likeness (QED) is 0.838. The standard InChI is InChI=1S/C14H20N2O/c1-14(6-2-7-16-14)10-17-12-4-3-11-5-8-15-13(11)9-12/h3-4,9,15-16H,2,5-8,10H2,1H3. The van der Waals surface area contributed by atoms with Crippen molar-refractivity contribution in [3.63, 3.8) is 0 Å². The van der Waals surface area contributed by atoms with Gasteiger partial charge in [-0.3, -0.25) is 0 Å². The van der Waals surface area contributed by atoms with Gasteiger partial charge in [-0.2, -0.15) is 0 Å². The molecule has 0 amide bonds. The lowest BCUT2D eigenvalue weighted by molar-refractivity contribution is 0.213. The zero-order chi connectivity index (χ0) is 11.7. The van der Waals surface area contributed by atoms with Gasteiger partial charge >= 0.3 is 0 Å². The molecule has 1 aromatic carbocycles. The topological polar surface area (TPSA) is 33.3 Å². The Morgan fingerprint density at radius 2 is 2.29 bits per heavy atom. The summed E-state index contributed by atoms with van der Waals surface area (Å²) in [6, 6.07) is 6.39. The van der Waals surface area contributed by atoms with E-state index < -0.39 is 0 Å². The number of benzene rings is 1. The second-order valence-corrected chi connectivity index (χ2v) is 5.38. The normalized spacial score (nSPS) is 26.6. The van der Waals surface area contributed by atoms with Crippen molar-refractivity contribution in [3.05, 3.63) is 23.8 Å². The monoisotopic (exact) mass is 232 g/mol. The molecule has 0 aromatic heterocycles. The Balaban J connectivity index is 1.65. The summed E-state index contributed by atoms with van der Waals surface area (Å²) in [5.41, 5.74) is 2.81. The van der Waals surface area contributed by atoms with E-state index in [4.69, 9.17) is 4.74 Å². The van der Waals surface area contributed by atoms with Gasteiger partial charge in [-0.25, -0.2) is 0 Å². The van der Waals surface area contributed by atoms with Crippen molar-refractivity contribution in [1.29, 1.82) is 0 Å². The third-order valence-corrected chi connectivity index (χ3v) is 3.81. The van der Waals surface area contributed by atoms with Crippen molar-refractivity contribution in [2.75, 3.05) is 25.0 Å². The fraction of sp³-hybridized carbons (Fsp3) is 0.571. The molecule has 0 saturated carbocycles. The molecule has 1 atom stereocenters. The Hall–Kier alpha value is -1.22. The molecule has 17 heavy (non-hydrogen) atoms. The molecule has 92 valence electrons. The van der Waals surface area contributed by atoms with Crippen molar-refractivity contribution < 1.29 is 4.74 Å². The zero-order valence-corrected chi connectivity index (χ0v) is 10.4. The Morgan fingerprint density at radius 3 is 3.12 bits per heavy atom. The van der Waals surface area contributed by atoms with E-state index in [2.05, 4.69) is 35.8 Å². The van der Waals surface area contributed by atoms with Crippen molar-refractivity contribution in [2.45, 2.75) is 31.7 Å². The summed E-state index contributed by atoms with van der Waals surface area (Å²) < 4.78 is 5.92. The molecule has 1 aromatic rings. The Bertz CT molecular complexity index is 411. The molecule has 1 fully saturated rings. The van der Waals surface area contributed by atoms with E-state index in [0.717, 1.165) is 31.9 Å². The summed E-state index contributed by atoms with van der Waals surface area (Å²) in [7, 11) is 0. The van der Waals surface area contributed by atoms with Crippen molar-refractivity contribution in [2.24, 2.45) is 0 Å². The molecule has 3 heteroatoms. The fourth-order valence-corrected chi connectivity index (χ4v) is 2.68. The molecule has 1 saturated heterocycles. The minimum atomic E-state index is 0.159. The second-order valence-electron chi connectivity index (χ2n) is 5.38. The first-order chi connectivity index (χ1) is 8.25. The number of anilines is 1. The van der Waals surface area contributed by atoms with Crippen LogP contribution < -0.4 is 15.4 Å². The van der Waals surface area contributed by atoms with Gasteiger partial charge in [0.25, 0.3) is 0 Å². The molecule has 0 bridgehead atoms. The van der Waals surface area contributed by atoms with Crippen molar-refractivity contribution in [3.8, 4) is 5.75 Å². The predicted molar refractivity (Wildman–Crippen MR) is 69.8 cm³/mol. The van der Waals surface area contributed by atoms with Gasteiger partial charge in [-0.1, -0.05) is 6.07 Å². The summed E-state index contributed by atoms with van der Waals surface area (Å²) in [4.78, 5) is 0. The van der Waals surface area contributed by atoms with Crippen LogP contribution in [0.3, 0.4) is 0 Å². The number of fused-ring (bicyclic) bond motifs is 1. The van der Waals surface area contributed by atoms with Gasteiger partial charge < -0.3 is 15.4 Å². The van der Waals surface area contributed by atoms with Crippen LogP contribution in [-0.4, -0.2) is 25.2 Å². The molecule has 3 rings (SSSR count). The van der Waals surface area contributed by atoms with Crippen LogP contribution in [0.2, 0.25) is 0 Å². The molecule has 2 heterocycles. The average molecular weight is 232 g/mol. The van der Waals surface area contributed by atoms with Crippen LogP contribution in [0.25, 0.3) is 0 Å². The van der Waals surface area contributed by atoms with Crippen LogP contribution in [0.4, 0.5) is 5.69 Å². The molecule has 1 unspecified atom stereocenters. The van der Waals surface area contributed by atoms with Gasteiger partial charge in [-0.05, 0) is 44.4 Å². The minimum Gasteiger partial charge on any atom is -0.492 e. The van der Waals surface area contributed by atoms with E-state index in [-0.39, 0.29) is 5.54 Å². The lowest BCUT2D eigenvalue weighted by Gasteiger charge is -2.24. The summed E-state index contributed by atoms with van der Waals surface area (Å²) in [5, 5.41) is 6.90. The van der Waals surface area contributed by atoms with E-state index >= 15 is 0 Å². The van der Waals surface area contributed by atoms with Crippen molar-refractivity contribution in [1.82, 2.24) is 5.32 Å². The molecule has 0 spiro atoms. The number of hydrogen-bond donors (Lipinski definition) is 2. The number of ether oxygens (including phenoxy) is 1. The average Bonchev–Trinajstić information content (AvgIpc) is 2.95. The summed E-state index contributed by atoms with van der Waals surface area (Å²) in [6.45, 7) is 5.17. The second kappa shape index (κ2) is 4.22. The van der Waals surface area contributed by atoms with E-state index in [0.29, 0.717) is 0 Å². The van der Waals surface area contributed by atoms with Gasteiger partial charge in [0.1, 0.15) is 12.4 Å². The van der Waals surface area contributed by atoms with Crippen LogP contribution >= 0.6 is 0 Å². The van der Waals surface area contributed by atoms with Crippen LogP contribution in [0, 0.1) is 0 Å². The maximum atomic E-state index is 5.92. The molecule has 2 aliphatic heterocycles. The van der Waals surface area contributed by atoms with Crippen molar-refractivity contribution >= 4 is 5.69 Å². The fourth-order valence-electron chi connectivity index (χ4n) is 2.68. The Labute approximate surface area is 103 Å². The zero-order valence-electron chi connectivity index (χ0n) is 10.4. The van der Waals surface area contributed by atoms with E-state index in [1.807, 2.05) is 0 Å². The highest BCUT2D eigenvalue weighted by atomic mass is 16.5. The first-order valence-corrected chi connectivity index (χ1v) is 6.50. The SMILES string of the molecule is CC1(COc2ccc3c(c2)NCC3)CCCN1. The van der Waals surface area contributed by atoms with Gasteiger partial charge in [0.2, 0.25) is 0 Å². The van der Waals surface area contributed by atoms with Crippen LogP contribution in [-0.2, 0) is 6.42 Å². The Kier molecular flexibility index (Phi) is 2.71. The van der Waals surface area contributed by atoms with Gasteiger partial charge in [0, 0.05) is 23.8 Å². The largest absolute Gasteiger partial charge is 0.492 e. The number of hydrogen-bond acceptors (Lipinski definition) is 3. The number of nitrogens with one attached hydrogen (secondary N) is 2. The summed E-state index contributed by atoms with van der Waals surface area (Å²) in [6.07, 6.45) is 3.59. The van der Waals surface area contributed by atoms with Crippen LogP contribution in [0.1, 0.15) is 25.3 Å². The third-order valence-electron chi connectivity index (χ3n) is 3.81. The van der Waals surface area contributed by atoms with E-state index in [9.17, 15) is 0 Å². The third kappa shape index (κ3) is 2.25. The summed E-state index contributed by atoms with van der Waals surface area (Å²) >= 11 is 0. The van der Waals surface area contributed by atoms with Gasteiger partial charge in [-0.15, -0.1) is 0 Å². The highest BCUT2D eigenvalue weighted by molar-refractivity contribution is 5.58. The van der Waals surface area contributed by atoms with Gasteiger partial charge in [0.15, 0.2) is 0 Å². The molecule has 3 nitrogen and oxygen atoms in total. The van der Waals surface area contributed by atoms with Crippen LogP contribution in [0.15, 0.2) is 18.2 Å². The lowest BCUT2D eigenvalue weighted by Crippen LogP contribution is -2.42. The van der Waals surface area contributed by atoms with Gasteiger partial charge in [0.05, 0.1) is 0 Å². The first-order valence-electron chi connectivity index (χ1n) is 6.50. The molecule has 2 N–H and O–H groups in total. The van der Waals surface area contributed by atoms with E-state index in [1.54, 1.807) is 0 Å². The molecule has 0 radical (unpaired) electrons. The molecule has 2 aliphatic rings. The van der Waals surface area contributed by atoms with E-state index in [1.165, 1.54) is 24.1 Å². The predicted octanol–water partition coefficient (Wildman–Crippen LogP) is 2.18. The molecular weight excluding hydrogens is 212 g/mol. The smallest absolute Gasteiger partial charge is 0.121 e. The lowest BCUT2D eigenvalue weighted by atomic mass is 10.0. The molecule has 0 aliphatic carbocycles. The highest BCUT2D eigenvalue weighted by Gasteiger charge is 2.28. The Morgan fingerprint density at radius 1 is 1.35 bits per heavy atom. The maximum absolute atomic E-state index is 5.92. The molecular formula is C14H20N2O. The highest BCUT2D eigenvalue weighted by Crippen LogP contribution is 2.28. The first kappa shape index (κ1) is 10.9. The number of rotatable bonds is 3. The maximum Gasteiger partial charge on any atom is 0.121 e. The summed E-state index contributed by atoms with van der Waals surface area (Å²) in [5.74, 6) is 0.980. The van der Waals surface area contributed by atoms with Crippen LogP contribution in [0.5, 0.6) is 5.75 Å². The minimum absolute atomic E-state index is 0.159.